The number of nitrogens with two attached hydrogens (primary N) is 1. The third kappa shape index (κ3) is 2.27. The number of nitrogen functional groups attached to an aromatic ring is 1. The first kappa shape index (κ1) is 12.4. The van der Waals surface area contributed by atoms with Crippen LogP contribution < -0.4 is 11.1 Å². The zero-order valence-electron chi connectivity index (χ0n) is 11.2. The molecule has 1 fully saturated rings. The number of anilines is 2. The molecule has 1 amide bonds. The molecule has 1 saturated carbocycles. The molecule has 0 saturated heterocycles. The normalized spacial score (nSPS) is 14.5. The van der Waals surface area contributed by atoms with Crippen LogP contribution in [-0.2, 0) is 0 Å². The zero-order chi connectivity index (χ0) is 14.4. The number of amides is 1. The van der Waals surface area contributed by atoms with Gasteiger partial charge in [-0.2, -0.15) is 0 Å². The van der Waals surface area contributed by atoms with Crippen LogP contribution in [0.3, 0.4) is 0 Å². The van der Waals surface area contributed by atoms with Gasteiger partial charge < -0.3 is 15.6 Å². The maximum atomic E-state index is 12.5. The fourth-order valence-electron chi connectivity index (χ4n) is 2.47. The second kappa shape index (κ2) is 4.60. The van der Waals surface area contributed by atoms with Gasteiger partial charge in [0.15, 0.2) is 0 Å². The molecule has 1 aliphatic carbocycles. The molecule has 2 heterocycles. The Morgan fingerprint density at radius 1 is 1.38 bits per heavy atom. The molecule has 6 heteroatoms. The molecule has 2 aromatic heterocycles. The standard InChI is InChI=1S/C15H14N4OS/c16-9-5-13(19(7-9)11-2-3-11)15(20)18-10-1-4-12-14(6-10)21-8-17-12/h1,4-8,11H,2-3,16H2,(H,18,20). The van der Waals surface area contributed by atoms with E-state index in [1.54, 1.807) is 22.9 Å². The van der Waals surface area contributed by atoms with E-state index < -0.39 is 0 Å². The highest BCUT2D eigenvalue weighted by atomic mass is 32.1. The summed E-state index contributed by atoms with van der Waals surface area (Å²) < 4.78 is 3.04. The Labute approximate surface area is 125 Å². The molecular formula is C15H14N4OS. The summed E-state index contributed by atoms with van der Waals surface area (Å²) in [6.45, 7) is 0. The number of hydrogen-bond donors (Lipinski definition) is 2. The van der Waals surface area contributed by atoms with Crippen LogP contribution in [0.1, 0.15) is 29.4 Å². The lowest BCUT2D eigenvalue weighted by molar-refractivity contribution is 0.101. The summed E-state index contributed by atoms with van der Waals surface area (Å²) in [6.07, 6.45) is 4.07. The minimum atomic E-state index is -0.123. The van der Waals surface area contributed by atoms with Crippen molar-refractivity contribution in [2.24, 2.45) is 0 Å². The number of nitrogens with one attached hydrogen (secondary N) is 1. The molecule has 0 spiro atoms. The van der Waals surface area contributed by atoms with Crippen LogP contribution in [0, 0.1) is 0 Å². The number of aromatic nitrogens is 2. The molecule has 4 rings (SSSR count). The fraction of sp³-hybridized carbons (Fsp3) is 0.200. The van der Waals surface area contributed by atoms with Gasteiger partial charge in [0.25, 0.3) is 5.91 Å². The smallest absolute Gasteiger partial charge is 0.272 e. The Kier molecular flexibility index (Phi) is 2.71. The van der Waals surface area contributed by atoms with Gasteiger partial charge in [0.05, 0.1) is 21.4 Å². The fourth-order valence-corrected chi connectivity index (χ4v) is 3.18. The summed E-state index contributed by atoms with van der Waals surface area (Å²) in [5, 5.41) is 2.94. The van der Waals surface area contributed by atoms with Crippen molar-refractivity contribution in [2.75, 3.05) is 11.1 Å². The summed E-state index contributed by atoms with van der Waals surface area (Å²) in [5.41, 5.74) is 10.6. The zero-order valence-corrected chi connectivity index (χ0v) is 12.1. The number of benzene rings is 1. The summed E-state index contributed by atoms with van der Waals surface area (Å²) in [7, 11) is 0. The van der Waals surface area contributed by atoms with Gasteiger partial charge in [0.1, 0.15) is 5.69 Å². The summed E-state index contributed by atoms with van der Waals surface area (Å²) >= 11 is 1.56. The third-order valence-electron chi connectivity index (χ3n) is 3.63. The number of carbonyl (C=O) groups excluding carboxylic acids is 1. The van der Waals surface area contributed by atoms with Gasteiger partial charge >= 0.3 is 0 Å². The molecule has 21 heavy (non-hydrogen) atoms. The largest absolute Gasteiger partial charge is 0.397 e. The van der Waals surface area contributed by atoms with Crippen molar-refractivity contribution in [3.05, 3.63) is 41.7 Å². The monoisotopic (exact) mass is 298 g/mol. The Hall–Kier alpha value is -2.34. The Morgan fingerprint density at radius 2 is 2.24 bits per heavy atom. The number of rotatable bonds is 3. The topological polar surface area (TPSA) is 72.9 Å². The molecule has 0 unspecified atom stereocenters. The molecule has 106 valence electrons. The number of thiazole rings is 1. The molecule has 0 aliphatic heterocycles. The van der Waals surface area contributed by atoms with Crippen molar-refractivity contribution < 1.29 is 4.79 Å². The molecule has 3 aromatic rings. The van der Waals surface area contributed by atoms with Crippen LogP contribution in [0.5, 0.6) is 0 Å². The first-order chi connectivity index (χ1) is 10.2. The van der Waals surface area contributed by atoms with Crippen molar-refractivity contribution in [1.29, 1.82) is 0 Å². The van der Waals surface area contributed by atoms with Crippen molar-refractivity contribution in [2.45, 2.75) is 18.9 Å². The average molecular weight is 298 g/mol. The highest BCUT2D eigenvalue weighted by Crippen LogP contribution is 2.37. The molecule has 1 aliphatic rings. The van der Waals surface area contributed by atoms with Crippen molar-refractivity contribution in [3.63, 3.8) is 0 Å². The first-order valence-corrected chi connectivity index (χ1v) is 7.70. The van der Waals surface area contributed by atoms with Crippen molar-refractivity contribution in [1.82, 2.24) is 9.55 Å². The van der Waals surface area contributed by atoms with E-state index in [1.807, 2.05) is 29.0 Å². The summed E-state index contributed by atoms with van der Waals surface area (Å²) in [6, 6.07) is 7.88. The summed E-state index contributed by atoms with van der Waals surface area (Å²) in [5.74, 6) is -0.123. The van der Waals surface area contributed by atoms with E-state index in [-0.39, 0.29) is 5.91 Å². The van der Waals surface area contributed by atoms with E-state index in [0.717, 1.165) is 28.7 Å². The van der Waals surface area contributed by atoms with E-state index in [4.69, 9.17) is 5.73 Å². The van der Waals surface area contributed by atoms with Gasteiger partial charge in [-0.05, 0) is 37.1 Å². The molecule has 0 atom stereocenters. The molecule has 3 N–H and O–H groups in total. The van der Waals surface area contributed by atoms with Crippen LogP contribution in [0.15, 0.2) is 36.0 Å². The lowest BCUT2D eigenvalue weighted by atomic mass is 10.3. The molecule has 0 radical (unpaired) electrons. The Morgan fingerprint density at radius 3 is 3.05 bits per heavy atom. The summed E-state index contributed by atoms with van der Waals surface area (Å²) in [4.78, 5) is 16.7. The lowest BCUT2D eigenvalue weighted by Crippen LogP contribution is -2.16. The number of hydrogen-bond acceptors (Lipinski definition) is 4. The van der Waals surface area contributed by atoms with Gasteiger partial charge in [-0.15, -0.1) is 11.3 Å². The molecular weight excluding hydrogens is 284 g/mol. The van der Waals surface area contributed by atoms with Crippen LogP contribution in [0.2, 0.25) is 0 Å². The Balaban J connectivity index is 1.62. The quantitative estimate of drug-likeness (QED) is 0.779. The predicted molar refractivity (Wildman–Crippen MR) is 84.7 cm³/mol. The van der Waals surface area contributed by atoms with Crippen molar-refractivity contribution in [3.8, 4) is 0 Å². The van der Waals surface area contributed by atoms with E-state index in [1.165, 1.54) is 0 Å². The third-order valence-corrected chi connectivity index (χ3v) is 4.42. The van der Waals surface area contributed by atoms with Gasteiger partial charge in [-0.1, -0.05) is 0 Å². The molecule has 0 bridgehead atoms. The second-order valence-electron chi connectivity index (χ2n) is 5.29. The second-order valence-corrected chi connectivity index (χ2v) is 6.17. The Bertz CT molecular complexity index is 831. The average Bonchev–Trinajstić information content (AvgIpc) is 3.07. The first-order valence-electron chi connectivity index (χ1n) is 6.82. The number of nitrogens with zero attached hydrogens (tertiary/aromatic N) is 2. The maximum Gasteiger partial charge on any atom is 0.272 e. The van der Waals surface area contributed by atoms with Gasteiger partial charge in [0, 0.05) is 17.9 Å². The van der Waals surface area contributed by atoms with E-state index in [9.17, 15) is 4.79 Å². The number of carbonyl (C=O) groups is 1. The van der Waals surface area contributed by atoms with Crippen LogP contribution in [-0.4, -0.2) is 15.5 Å². The van der Waals surface area contributed by atoms with E-state index >= 15 is 0 Å². The minimum Gasteiger partial charge on any atom is -0.397 e. The van der Waals surface area contributed by atoms with E-state index in [0.29, 0.717) is 17.4 Å². The van der Waals surface area contributed by atoms with Crippen LogP contribution in [0.4, 0.5) is 11.4 Å². The van der Waals surface area contributed by atoms with Crippen molar-refractivity contribution >= 4 is 38.8 Å². The SMILES string of the molecule is Nc1cc(C(=O)Nc2ccc3ncsc3c2)n(C2CC2)c1. The highest BCUT2D eigenvalue weighted by molar-refractivity contribution is 7.16. The van der Waals surface area contributed by atoms with Gasteiger partial charge in [-0.25, -0.2) is 4.98 Å². The lowest BCUT2D eigenvalue weighted by Gasteiger charge is -2.08. The molecule has 1 aromatic carbocycles. The van der Waals surface area contributed by atoms with Crippen LogP contribution in [0.25, 0.3) is 10.2 Å². The van der Waals surface area contributed by atoms with Gasteiger partial charge in [-0.3, -0.25) is 4.79 Å². The van der Waals surface area contributed by atoms with Gasteiger partial charge in [0.2, 0.25) is 0 Å². The number of fused-ring (bicyclic) bond motifs is 1. The van der Waals surface area contributed by atoms with Crippen LogP contribution >= 0.6 is 11.3 Å². The van der Waals surface area contributed by atoms with E-state index in [2.05, 4.69) is 10.3 Å². The predicted octanol–water partition coefficient (Wildman–Crippen LogP) is 3.27. The highest BCUT2D eigenvalue weighted by Gasteiger charge is 2.27. The minimum absolute atomic E-state index is 0.123. The maximum absolute atomic E-state index is 12.5. The molecule has 5 nitrogen and oxygen atoms in total.